The monoisotopic (exact) mass is 512 g/mol. The number of halogens is 3. The van der Waals surface area contributed by atoms with Gasteiger partial charge in [-0.25, -0.2) is 12.8 Å². The molecule has 0 unspecified atom stereocenters. The summed E-state index contributed by atoms with van der Waals surface area (Å²) in [5, 5.41) is 0.239. The molecule has 3 aromatic rings. The van der Waals surface area contributed by atoms with E-state index in [0.29, 0.717) is 17.7 Å². The number of nitrogens with zero attached hydrogens (tertiary/aromatic N) is 2. The van der Waals surface area contributed by atoms with Crippen molar-refractivity contribution < 1.29 is 22.0 Å². The Labute approximate surface area is 202 Å². The Bertz CT molecular complexity index is 1190. The molecule has 0 atom stereocenters. The Balaban J connectivity index is 1.88. The van der Waals surface area contributed by atoms with Crippen LogP contribution in [0.25, 0.3) is 0 Å². The molecule has 1 aromatic heterocycles. The molecule has 33 heavy (non-hydrogen) atoms. The number of amides is 1. The van der Waals surface area contributed by atoms with Crippen LogP contribution in [-0.4, -0.2) is 36.6 Å². The molecule has 2 aromatic carbocycles. The third kappa shape index (κ3) is 6.57. The predicted molar refractivity (Wildman–Crippen MR) is 125 cm³/mol. The van der Waals surface area contributed by atoms with Crippen molar-refractivity contribution >= 4 is 39.1 Å². The summed E-state index contributed by atoms with van der Waals surface area (Å²) in [7, 11) is -4.09. The molecule has 176 valence electrons. The molecule has 0 saturated carbocycles. The Kier molecular flexibility index (Phi) is 8.53. The molecule has 0 radical (unpaired) electrons. The minimum absolute atomic E-state index is 0.0201. The highest BCUT2D eigenvalue weighted by molar-refractivity contribution is 7.89. The van der Waals surface area contributed by atoms with Gasteiger partial charge in [0.1, 0.15) is 16.5 Å². The van der Waals surface area contributed by atoms with Gasteiger partial charge >= 0.3 is 0 Å². The maximum atomic E-state index is 13.3. The summed E-state index contributed by atoms with van der Waals surface area (Å²) in [5.74, 6) is -0.291. The molecule has 1 amide bonds. The third-order valence-corrected chi connectivity index (χ3v) is 7.42. The summed E-state index contributed by atoms with van der Waals surface area (Å²) in [5.41, 5.74) is 0.694. The van der Waals surface area contributed by atoms with Crippen molar-refractivity contribution in [2.24, 2.45) is 0 Å². The van der Waals surface area contributed by atoms with Crippen LogP contribution in [0, 0.1) is 5.82 Å². The van der Waals surface area contributed by atoms with Crippen LogP contribution in [0.15, 0.2) is 70.2 Å². The number of benzene rings is 2. The second-order valence-electron chi connectivity index (χ2n) is 7.37. The van der Waals surface area contributed by atoms with Gasteiger partial charge in [0, 0.05) is 18.1 Å². The van der Waals surface area contributed by atoms with Crippen molar-refractivity contribution in [1.29, 1.82) is 0 Å². The van der Waals surface area contributed by atoms with Crippen LogP contribution in [0.1, 0.15) is 24.7 Å². The second kappa shape index (κ2) is 11.2. The van der Waals surface area contributed by atoms with Crippen LogP contribution in [0.5, 0.6) is 0 Å². The molecule has 1 heterocycles. The van der Waals surface area contributed by atoms with Crippen molar-refractivity contribution in [1.82, 2.24) is 9.21 Å². The average Bonchev–Trinajstić information content (AvgIpc) is 3.29. The van der Waals surface area contributed by atoms with Gasteiger partial charge in [0.25, 0.3) is 0 Å². The number of sulfonamides is 1. The third-order valence-electron chi connectivity index (χ3n) is 4.86. The van der Waals surface area contributed by atoms with E-state index in [1.165, 1.54) is 41.5 Å². The van der Waals surface area contributed by atoms with Crippen LogP contribution in [0.4, 0.5) is 4.39 Å². The summed E-state index contributed by atoms with van der Waals surface area (Å²) in [6.45, 7) is 1.80. The first-order valence-electron chi connectivity index (χ1n) is 10.2. The lowest BCUT2D eigenvalue weighted by Crippen LogP contribution is -2.42. The first-order chi connectivity index (χ1) is 15.7. The first kappa shape index (κ1) is 25.2. The highest BCUT2D eigenvalue weighted by atomic mass is 35.5. The number of furan rings is 1. The molecule has 0 aliphatic rings. The van der Waals surface area contributed by atoms with Gasteiger partial charge < -0.3 is 9.32 Å². The zero-order valence-electron chi connectivity index (χ0n) is 17.9. The molecule has 0 aliphatic heterocycles. The summed E-state index contributed by atoms with van der Waals surface area (Å²) in [6.07, 6.45) is 1.98. The van der Waals surface area contributed by atoms with Crippen LogP contribution >= 0.6 is 23.2 Å². The van der Waals surface area contributed by atoms with Crippen LogP contribution in [-0.2, 0) is 27.9 Å². The average molecular weight is 513 g/mol. The van der Waals surface area contributed by atoms with Crippen LogP contribution < -0.4 is 0 Å². The van der Waals surface area contributed by atoms with E-state index in [0.717, 1.165) is 4.31 Å². The van der Waals surface area contributed by atoms with Crippen molar-refractivity contribution in [2.75, 3.05) is 13.1 Å². The topological polar surface area (TPSA) is 70.8 Å². The number of carbonyl (C=O) groups excluding carboxylic acids is 1. The normalized spacial score (nSPS) is 11.7. The quantitative estimate of drug-likeness (QED) is 0.366. The fourth-order valence-corrected chi connectivity index (χ4v) is 5.45. The van der Waals surface area contributed by atoms with E-state index in [9.17, 15) is 17.6 Å². The van der Waals surface area contributed by atoms with Gasteiger partial charge in [-0.1, -0.05) is 42.3 Å². The van der Waals surface area contributed by atoms with E-state index in [-0.39, 0.29) is 40.4 Å². The summed E-state index contributed by atoms with van der Waals surface area (Å²) in [6, 6.07) is 13.3. The Morgan fingerprint density at radius 1 is 1.06 bits per heavy atom. The maximum Gasteiger partial charge on any atom is 0.245 e. The van der Waals surface area contributed by atoms with E-state index in [4.69, 9.17) is 27.6 Å². The molecule has 6 nitrogen and oxygen atoms in total. The number of carbonyl (C=O) groups is 1. The van der Waals surface area contributed by atoms with Crippen LogP contribution in [0.3, 0.4) is 0 Å². The fraction of sp³-hybridized carbons (Fsp3) is 0.261. The fourth-order valence-electron chi connectivity index (χ4n) is 3.23. The SMILES string of the molecule is CCCN(CC(=O)N(Cc1ccc(F)cc1)Cc1ccco1)S(=O)(=O)c1cc(Cl)ccc1Cl. The Hall–Kier alpha value is -2.39. The highest BCUT2D eigenvalue weighted by Crippen LogP contribution is 2.28. The molecule has 0 saturated heterocycles. The molecule has 0 N–H and O–H groups in total. The lowest BCUT2D eigenvalue weighted by molar-refractivity contribution is -0.133. The molecular weight excluding hydrogens is 490 g/mol. The number of rotatable bonds is 10. The zero-order chi connectivity index (χ0) is 24.0. The summed E-state index contributed by atoms with van der Waals surface area (Å²) >= 11 is 12.1. The van der Waals surface area contributed by atoms with Gasteiger partial charge in [-0.05, 0) is 54.4 Å². The lowest BCUT2D eigenvalue weighted by atomic mass is 10.2. The summed E-state index contributed by atoms with van der Waals surface area (Å²) < 4.78 is 46.4. The van der Waals surface area contributed by atoms with Crippen molar-refractivity contribution in [3.63, 3.8) is 0 Å². The molecule has 0 bridgehead atoms. The van der Waals surface area contributed by atoms with Gasteiger partial charge in [0.15, 0.2) is 0 Å². The van der Waals surface area contributed by atoms with Gasteiger partial charge in [-0.2, -0.15) is 4.31 Å². The first-order valence-corrected chi connectivity index (χ1v) is 12.4. The van der Waals surface area contributed by atoms with E-state index in [2.05, 4.69) is 0 Å². The largest absolute Gasteiger partial charge is 0.467 e. The highest BCUT2D eigenvalue weighted by Gasteiger charge is 2.30. The minimum atomic E-state index is -4.09. The molecule has 0 fully saturated rings. The van der Waals surface area contributed by atoms with Crippen molar-refractivity contribution in [3.05, 3.63) is 88.0 Å². The van der Waals surface area contributed by atoms with Crippen LogP contribution in [0.2, 0.25) is 10.0 Å². The number of hydrogen-bond donors (Lipinski definition) is 0. The summed E-state index contributed by atoms with van der Waals surface area (Å²) in [4.78, 5) is 14.6. The maximum absolute atomic E-state index is 13.3. The molecule has 3 rings (SSSR count). The molecule has 0 spiro atoms. The van der Waals surface area contributed by atoms with Gasteiger partial charge in [-0.15, -0.1) is 0 Å². The van der Waals surface area contributed by atoms with E-state index >= 15 is 0 Å². The predicted octanol–water partition coefficient (Wildman–Crippen LogP) is 5.36. The van der Waals surface area contributed by atoms with E-state index in [1.807, 2.05) is 6.92 Å². The Morgan fingerprint density at radius 2 is 1.79 bits per heavy atom. The Morgan fingerprint density at radius 3 is 2.42 bits per heavy atom. The second-order valence-corrected chi connectivity index (χ2v) is 10.1. The van der Waals surface area contributed by atoms with Crippen molar-refractivity contribution in [3.8, 4) is 0 Å². The minimum Gasteiger partial charge on any atom is -0.467 e. The molecule has 10 heteroatoms. The van der Waals surface area contributed by atoms with Gasteiger partial charge in [0.2, 0.25) is 15.9 Å². The van der Waals surface area contributed by atoms with E-state index < -0.39 is 22.5 Å². The van der Waals surface area contributed by atoms with Crippen molar-refractivity contribution in [2.45, 2.75) is 31.3 Å². The molecule has 0 aliphatic carbocycles. The smallest absolute Gasteiger partial charge is 0.245 e. The zero-order valence-corrected chi connectivity index (χ0v) is 20.2. The molecular formula is C23H23Cl2FN2O4S. The van der Waals surface area contributed by atoms with Gasteiger partial charge in [0.05, 0.1) is 24.4 Å². The number of hydrogen-bond acceptors (Lipinski definition) is 4. The standard InChI is InChI=1S/C23H23Cl2FN2O4S/c1-2-11-28(33(30,31)22-13-18(24)7-10-21(22)25)16-23(29)27(15-20-4-3-12-32-20)14-17-5-8-19(26)9-6-17/h3-10,12-13H,2,11,14-16H2,1H3. The lowest BCUT2D eigenvalue weighted by Gasteiger charge is -2.27. The van der Waals surface area contributed by atoms with E-state index in [1.54, 1.807) is 24.3 Å². The van der Waals surface area contributed by atoms with Gasteiger partial charge in [-0.3, -0.25) is 4.79 Å².